The summed E-state index contributed by atoms with van der Waals surface area (Å²) in [5.74, 6) is 0. The summed E-state index contributed by atoms with van der Waals surface area (Å²) >= 11 is 0. The zero-order chi connectivity index (χ0) is 8.55. The molecule has 0 radical (unpaired) electrons. The van der Waals surface area contributed by atoms with Crippen LogP contribution in [-0.4, -0.2) is 9.97 Å². The van der Waals surface area contributed by atoms with E-state index in [4.69, 9.17) is 5.73 Å². The molecule has 0 atom stereocenters. The van der Waals surface area contributed by atoms with Gasteiger partial charge in [-0.25, -0.2) is 0 Å². The minimum Gasteiger partial charge on any atom is -0.397 e. The van der Waals surface area contributed by atoms with Crippen molar-refractivity contribution in [1.82, 2.24) is 9.97 Å². The van der Waals surface area contributed by atoms with E-state index in [9.17, 15) is 0 Å². The predicted molar refractivity (Wildman–Crippen MR) is 48.7 cm³/mol. The minimum atomic E-state index is 0.693. The Balaban J connectivity index is 2.89. The molecule has 0 amide bonds. The second kappa shape index (κ2) is 2.44. The summed E-state index contributed by atoms with van der Waals surface area (Å²) in [4.78, 5) is 8.43. The monoisotopic (exact) mass is 159 g/mol. The zero-order valence-corrected chi connectivity index (χ0v) is 6.78. The summed E-state index contributed by atoms with van der Waals surface area (Å²) in [5, 5.41) is 0. The Labute approximate surface area is 70.3 Å². The second-order valence-corrected chi connectivity index (χ2v) is 2.72. The highest BCUT2D eigenvalue weighted by Gasteiger charge is 1.99. The van der Waals surface area contributed by atoms with E-state index >= 15 is 0 Å². The minimum absolute atomic E-state index is 0.693. The highest BCUT2D eigenvalue weighted by Crippen LogP contribution is 2.16. The van der Waals surface area contributed by atoms with Crippen molar-refractivity contribution < 1.29 is 0 Å². The van der Waals surface area contributed by atoms with E-state index in [1.54, 1.807) is 6.20 Å². The fourth-order valence-corrected chi connectivity index (χ4v) is 1.23. The average Bonchev–Trinajstić information content (AvgIpc) is 2.04. The van der Waals surface area contributed by atoms with Crippen molar-refractivity contribution in [2.24, 2.45) is 0 Å². The molecule has 12 heavy (non-hydrogen) atoms. The van der Waals surface area contributed by atoms with Gasteiger partial charge in [-0.15, -0.1) is 0 Å². The Hall–Kier alpha value is -1.64. The van der Waals surface area contributed by atoms with E-state index in [0.29, 0.717) is 5.69 Å². The molecule has 2 heterocycles. The van der Waals surface area contributed by atoms with Crippen LogP contribution in [0.3, 0.4) is 0 Å². The van der Waals surface area contributed by atoms with Crippen molar-refractivity contribution in [3.63, 3.8) is 0 Å². The van der Waals surface area contributed by atoms with E-state index in [1.807, 2.05) is 25.1 Å². The molecule has 60 valence electrons. The van der Waals surface area contributed by atoms with Gasteiger partial charge in [0.25, 0.3) is 0 Å². The molecular formula is C9H9N3. The third kappa shape index (κ3) is 0.993. The third-order valence-electron chi connectivity index (χ3n) is 1.72. The van der Waals surface area contributed by atoms with E-state index in [-0.39, 0.29) is 0 Å². The van der Waals surface area contributed by atoms with Gasteiger partial charge in [-0.3, -0.25) is 9.97 Å². The molecule has 2 rings (SSSR count). The molecule has 0 aliphatic rings. The van der Waals surface area contributed by atoms with Gasteiger partial charge in [0.2, 0.25) is 0 Å². The summed E-state index contributed by atoms with van der Waals surface area (Å²) in [6, 6.07) is 5.59. The smallest absolute Gasteiger partial charge is 0.112 e. The Kier molecular flexibility index (Phi) is 1.43. The van der Waals surface area contributed by atoms with Gasteiger partial charge in [-0.1, -0.05) is 0 Å². The molecule has 0 spiro atoms. The number of hydrogen-bond acceptors (Lipinski definition) is 3. The molecule has 0 aliphatic heterocycles. The third-order valence-corrected chi connectivity index (χ3v) is 1.72. The van der Waals surface area contributed by atoms with Crippen LogP contribution in [0.5, 0.6) is 0 Å². The number of nitrogens with zero attached hydrogens (tertiary/aromatic N) is 2. The molecule has 0 unspecified atom stereocenters. The van der Waals surface area contributed by atoms with Gasteiger partial charge in [-0.2, -0.15) is 0 Å². The SMILES string of the molecule is Cc1cc(N)c2ncccc2n1. The van der Waals surface area contributed by atoms with Gasteiger partial charge < -0.3 is 5.73 Å². The van der Waals surface area contributed by atoms with Crippen LogP contribution in [0.2, 0.25) is 0 Å². The largest absolute Gasteiger partial charge is 0.397 e. The number of anilines is 1. The van der Waals surface area contributed by atoms with E-state index in [2.05, 4.69) is 9.97 Å². The number of pyridine rings is 2. The number of aryl methyl sites for hydroxylation is 1. The molecule has 0 bridgehead atoms. The molecule has 0 saturated heterocycles. The topological polar surface area (TPSA) is 51.8 Å². The molecule has 2 N–H and O–H groups in total. The van der Waals surface area contributed by atoms with Crippen molar-refractivity contribution in [2.75, 3.05) is 5.73 Å². The van der Waals surface area contributed by atoms with Crippen LogP contribution in [0, 0.1) is 6.92 Å². The Morgan fingerprint density at radius 3 is 3.08 bits per heavy atom. The number of nitrogen functional groups attached to an aromatic ring is 1. The first kappa shape index (κ1) is 7.03. The fourth-order valence-electron chi connectivity index (χ4n) is 1.23. The molecule has 0 aromatic carbocycles. The first-order valence-corrected chi connectivity index (χ1v) is 3.75. The molecule has 2 aromatic heterocycles. The van der Waals surface area contributed by atoms with Crippen LogP contribution >= 0.6 is 0 Å². The summed E-state index contributed by atoms with van der Waals surface area (Å²) in [7, 11) is 0. The van der Waals surface area contributed by atoms with Gasteiger partial charge in [0.15, 0.2) is 0 Å². The first-order valence-electron chi connectivity index (χ1n) is 3.75. The quantitative estimate of drug-likeness (QED) is 0.634. The molecule has 3 nitrogen and oxygen atoms in total. The number of aromatic nitrogens is 2. The predicted octanol–water partition coefficient (Wildman–Crippen LogP) is 1.52. The van der Waals surface area contributed by atoms with Crippen LogP contribution in [0.4, 0.5) is 5.69 Å². The Morgan fingerprint density at radius 2 is 2.25 bits per heavy atom. The lowest BCUT2D eigenvalue weighted by atomic mass is 10.2. The van der Waals surface area contributed by atoms with Crippen LogP contribution in [0.15, 0.2) is 24.4 Å². The van der Waals surface area contributed by atoms with E-state index < -0.39 is 0 Å². The summed E-state index contributed by atoms with van der Waals surface area (Å²) in [6.07, 6.45) is 1.72. The van der Waals surface area contributed by atoms with Crippen molar-refractivity contribution in [2.45, 2.75) is 6.92 Å². The van der Waals surface area contributed by atoms with Gasteiger partial charge >= 0.3 is 0 Å². The number of rotatable bonds is 0. The second-order valence-electron chi connectivity index (χ2n) is 2.72. The molecule has 0 saturated carbocycles. The highest BCUT2D eigenvalue weighted by atomic mass is 14.8. The van der Waals surface area contributed by atoms with Crippen molar-refractivity contribution in [1.29, 1.82) is 0 Å². The molecule has 0 fully saturated rings. The first-order chi connectivity index (χ1) is 5.77. The fraction of sp³-hybridized carbons (Fsp3) is 0.111. The highest BCUT2D eigenvalue weighted by molar-refractivity contribution is 5.85. The maximum Gasteiger partial charge on any atom is 0.112 e. The van der Waals surface area contributed by atoms with E-state index in [0.717, 1.165) is 16.7 Å². The van der Waals surface area contributed by atoms with Gasteiger partial charge in [0.1, 0.15) is 5.52 Å². The van der Waals surface area contributed by atoms with Gasteiger partial charge in [0, 0.05) is 11.9 Å². The standard InChI is InChI=1S/C9H9N3/c1-6-5-7(10)9-8(12-6)3-2-4-11-9/h2-5H,1H3,(H2,10,12). The molecule has 0 aliphatic carbocycles. The van der Waals surface area contributed by atoms with Gasteiger partial charge in [-0.05, 0) is 25.1 Å². The lowest BCUT2D eigenvalue weighted by Crippen LogP contribution is -1.93. The Bertz CT molecular complexity index is 423. The van der Waals surface area contributed by atoms with Crippen LogP contribution in [0.25, 0.3) is 11.0 Å². The molecular weight excluding hydrogens is 150 g/mol. The number of hydrogen-bond donors (Lipinski definition) is 1. The summed E-state index contributed by atoms with van der Waals surface area (Å²) in [5.41, 5.74) is 9.01. The van der Waals surface area contributed by atoms with Crippen molar-refractivity contribution >= 4 is 16.7 Å². The Morgan fingerprint density at radius 1 is 1.42 bits per heavy atom. The summed E-state index contributed by atoms with van der Waals surface area (Å²) < 4.78 is 0. The zero-order valence-electron chi connectivity index (χ0n) is 6.78. The summed E-state index contributed by atoms with van der Waals surface area (Å²) in [6.45, 7) is 1.92. The van der Waals surface area contributed by atoms with Crippen molar-refractivity contribution in [3.8, 4) is 0 Å². The lowest BCUT2D eigenvalue weighted by Gasteiger charge is -2.00. The van der Waals surface area contributed by atoms with E-state index in [1.165, 1.54) is 0 Å². The van der Waals surface area contributed by atoms with Gasteiger partial charge in [0.05, 0.1) is 11.2 Å². The van der Waals surface area contributed by atoms with Crippen molar-refractivity contribution in [3.05, 3.63) is 30.1 Å². The average molecular weight is 159 g/mol. The van der Waals surface area contributed by atoms with Crippen LogP contribution < -0.4 is 5.73 Å². The van der Waals surface area contributed by atoms with Crippen LogP contribution in [-0.2, 0) is 0 Å². The van der Waals surface area contributed by atoms with Crippen LogP contribution in [0.1, 0.15) is 5.69 Å². The number of nitrogens with two attached hydrogens (primary N) is 1. The molecule has 3 heteroatoms. The molecule has 2 aromatic rings. The maximum atomic E-state index is 5.75. The lowest BCUT2D eigenvalue weighted by molar-refractivity contribution is 1.24. The normalized spacial score (nSPS) is 10.4. The maximum absolute atomic E-state index is 5.75. The number of fused-ring (bicyclic) bond motifs is 1.